The van der Waals surface area contributed by atoms with Gasteiger partial charge in [-0.2, -0.15) is 0 Å². The van der Waals surface area contributed by atoms with Gasteiger partial charge in [-0.25, -0.2) is 4.79 Å². The molecular formula is C13H26N2O4. The first-order valence-corrected chi connectivity index (χ1v) is 6.52. The van der Waals surface area contributed by atoms with Crippen LogP contribution in [0, 0.1) is 0 Å². The van der Waals surface area contributed by atoms with Crippen molar-refractivity contribution in [3.63, 3.8) is 0 Å². The minimum absolute atomic E-state index is 0.280. The summed E-state index contributed by atoms with van der Waals surface area (Å²) in [5.41, 5.74) is 3.92. The number of methoxy groups -OCH3 is 1. The smallest absolute Gasteiger partial charge is 0.408 e. The highest BCUT2D eigenvalue weighted by Crippen LogP contribution is 2.33. The highest BCUT2D eigenvalue weighted by atomic mass is 16.6. The molecule has 1 aliphatic heterocycles. The van der Waals surface area contributed by atoms with E-state index >= 15 is 0 Å². The van der Waals surface area contributed by atoms with E-state index in [0.29, 0.717) is 19.6 Å². The van der Waals surface area contributed by atoms with E-state index in [1.165, 1.54) is 0 Å². The summed E-state index contributed by atoms with van der Waals surface area (Å²) in [6.45, 7) is 8.55. The van der Waals surface area contributed by atoms with E-state index < -0.39 is 22.8 Å². The number of nitrogens with one attached hydrogen (secondary N) is 1. The number of nitrogens with two attached hydrogens (primary N) is 1. The lowest BCUT2D eigenvalue weighted by Gasteiger charge is -2.44. The third kappa shape index (κ3) is 3.58. The molecule has 0 aromatic heterocycles. The van der Waals surface area contributed by atoms with Crippen molar-refractivity contribution in [1.29, 1.82) is 0 Å². The fraction of sp³-hybridized carbons (Fsp3) is 0.923. The van der Waals surface area contributed by atoms with Crippen LogP contribution in [0.5, 0.6) is 0 Å². The van der Waals surface area contributed by atoms with Gasteiger partial charge in [-0.1, -0.05) is 0 Å². The van der Waals surface area contributed by atoms with Crippen molar-refractivity contribution in [3.8, 4) is 0 Å². The van der Waals surface area contributed by atoms with Crippen LogP contribution in [-0.4, -0.2) is 49.7 Å². The lowest BCUT2D eigenvalue weighted by Crippen LogP contribution is -2.67. The van der Waals surface area contributed by atoms with Crippen molar-refractivity contribution in [1.82, 2.24) is 5.32 Å². The third-order valence-electron chi connectivity index (χ3n) is 3.61. The number of carbonyl (C=O) groups is 1. The van der Waals surface area contributed by atoms with E-state index in [-0.39, 0.29) is 6.54 Å². The van der Waals surface area contributed by atoms with Crippen LogP contribution in [0.15, 0.2) is 0 Å². The van der Waals surface area contributed by atoms with Gasteiger partial charge in [0.25, 0.3) is 0 Å². The van der Waals surface area contributed by atoms with Gasteiger partial charge in [0.15, 0.2) is 0 Å². The van der Waals surface area contributed by atoms with Gasteiger partial charge in [0.1, 0.15) is 11.2 Å². The highest BCUT2D eigenvalue weighted by molar-refractivity contribution is 5.69. The minimum Gasteiger partial charge on any atom is -0.444 e. The predicted octanol–water partition coefficient (Wildman–Crippen LogP) is 1.03. The van der Waals surface area contributed by atoms with Crippen LogP contribution >= 0.6 is 0 Å². The van der Waals surface area contributed by atoms with Crippen LogP contribution in [0.25, 0.3) is 0 Å². The van der Waals surface area contributed by atoms with Gasteiger partial charge >= 0.3 is 6.09 Å². The van der Waals surface area contributed by atoms with Crippen molar-refractivity contribution in [2.24, 2.45) is 5.73 Å². The first-order chi connectivity index (χ1) is 8.68. The van der Waals surface area contributed by atoms with E-state index in [9.17, 15) is 4.79 Å². The lowest BCUT2D eigenvalue weighted by molar-refractivity contribution is -0.0695. The topological polar surface area (TPSA) is 82.8 Å². The van der Waals surface area contributed by atoms with Gasteiger partial charge in [-0.3, -0.25) is 0 Å². The Hall–Kier alpha value is -0.850. The Balaban J connectivity index is 2.86. The van der Waals surface area contributed by atoms with Crippen molar-refractivity contribution >= 4 is 6.09 Å². The molecule has 1 heterocycles. The zero-order valence-electron chi connectivity index (χ0n) is 12.5. The number of rotatable bonds is 4. The fourth-order valence-electron chi connectivity index (χ4n) is 2.19. The summed E-state index contributed by atoms with van der Waals surface area (Å²) in [5, 5.41) is 2.90. The van der Waals surface area contributed by atoms with Gasteiger partial charge < -0.3 is 25.3 Å². The second-order valence-electron chi connectivity index (χ2n) is 6.15. The molecule has 0 aromatic rings. The van der Waals surface area contributed by atoms with Gasteiger partial charge in [-0.05, 0) is 34.1 Å². The molecule has 6 heteroatoms. The van der Waals surface area contributed by atoms with Crippen LogP contribution in [-0.2, 0) is 14.2 Å². The number of amides is 1. The molecule has 1 fully saturated rings. The summed E-state index contributed by atoms with van der Waals surface area (Å²) in [4.78, 5) is 12.0. The van der Waals surface area contributed by atoms with E-state index in [2.05, 4.69) is 5.32 Å². The molecule has 0 spiro atoms. The zero-order chi connectivity index (χ0) is 14.7. The van der Waals surface area contributed by atoms with Crippen LogP contribution in [0.1, 0.15) is 34.1 Å². The molecule has 112 valence electrons. The zero-order valence-corrected chi connectivity index (χ0v) is 12.5. The monoisotopic (exact) mass is 274 g/mol. The van der Waals surface area contributed by atoms with Crippen molar-refractivity contribution in [2.45, 2.75) is 50.9 Å². The van der Waals surface area contributed by atoms with E-state index in [4.69, 9.17) is 19.9 Å². The molecule has 2 unspecified atom stereocenters. The molecule has 0 saturated carbocycles. The van der Waals surface area contributed by atoms with Crippen molar-refractivity contribution in [2.75, 3.05) is 26.9 Å². The SMILES string of the molecule is COC(C)(CN)C1(NC(=O)OC(C)(C)C)CCOC1. The van der Waals surface area contributed by atoms with Crippen LogP contribution in [0.4, 0.5) is 4.79 Å². The molecule has 0 aliphatic carbocycles. The largest absolute Gasteiger partial charge is 0.444 e. The summed E-state index contributed by atoms with van der Waals surface area (Å²) in [7, 11) is 1.59. The molecule has 1 saturated heterocycles. The quantitative estimate of drug-likeness (QED) is 0.800. The number of ether oxygens (including phenoxy) is 3. The van der Waals surface area contributed by atoms with Gasteiger partial charge in [0.2, 0.25) is 0 Å². The first kappa shape index (κ1) is 16.2. The highest BCUT2D eigenvalue weighted by Gasteiger charge is 2.52. The molecule has 2 atom stereocenters. The Kier molecular flexibility index (Phi) is 4.81. The number of carbonyl (C=O) groups excluding carboxylic acids is 1. The summed E-state index contributed by atoms with van der Waals surface area (Å²) in [6, 6.07) is 0. The van der Waals surface area contributed by atoms with Crippen LogP contribution in [0.2, 0.25) is 0 Å². The summed E-state index contributed by atoms with van der Waals surface area (Å²) >= 11 is 0. The summed E-state index contributed by atoms with van der Waals surface area (Å²) in [6.07, 6.45) is 0.170. The second-order valence-corrected chi connectivity index (χ2v) is 6.15. The minimum atomic E-state index is -0.694. The standard InChI is InChI=1S/C13H26N2O4/c1-11(2,3)19-10(16)15-13(6-7-18-9-13)12(4,8-14)17-5/h6-9,14H2,1-5H3,(H,15,16). The number of hydrogen-bond acceptors (Lipinski definition) is 5. The van der Waals surface area contributed by atoms with Crippen molar-refractivity contribution < 1.29 is 19.0 Å². The molecule has 0 bridgehead atoms. The molecule has 19 heavy (non-hydrogen) atoms. The van der Waals surface area contributed by atoms with Gasteiger partial charge in [0.05, 0.1) is 12.1 Å². The van der Waals surface area contributed by atoms with Gasteiger partial charge in [0, 0.05) is 20.3 Å². The summed E-state index contributed by atoms with van der Waals surface area (Å²) in [5.74, 6) is 0. The maximum Gasteiger partial charge on any atom is 0.408 e. The van der Waals surface area contributed by atoms with Crippen LogP contribution in [0.3, 0.4) is 0 Å². The fourth-order valence-corrected chi connectivity index (χ4v) is 2.19. The Bertz CT molecular complexity index is 315. The molecular weight excluding hydrogens is 248 g/mol. The van der Waals surface area contributed by atoms with E-state index in [1.807, 2.05) is 27.7 Å². The molecule has 1 amide bonds. The summed E-state index contributed by atoms with van der Waals surface area (Å²) < 4.78 is 16.3. The Morgan fingerprint density at radius 1 is 1.42 bits per heavy atom. The molecule has 0 radical (unpaired) electrons. The molecule has 1 aliphatic rings. The number of hydrogen-bond donors (Lipinski definition) is 2. The Morgan fingerprint density at radius 3 is 2.42 bits per heavy atom. The Morgan fingerprint density at radius 2 is 2.05 bits per heavy atom. The van der Waals surface area contributed by atoms with E-state index in [0.717, 1.165) is 0 Å². The average Bonchev–Trinajstić information content (AvgIpc) is 2.75. The molecule has 1 rings (SSSR count). The maximum absolute atomic E-state index is 12.0. The van der Waals surface area contributed by atoms with E-state index in [1.54, 1.807) is 7.11 Å². The lowest BCUT2D eigenvalue weighted by atomic mass is 9.80. The van der Waals surface area contributed by atoms with Crippen molar-refractivity contribution in [3.05, 3.63) is 0 Å². The predicted molar refractivity (Wildman–Crippen MR) is 72.0 cm³/mol. The van der Waals surface area contributed by atoms with Gasteiger partial charge in [-0.15, -0.1) is 0 Å². The van der Waals surface area contributed by atoms with Crippen LogP contribution < -0.4 is 11.1 Å². The molecule has 3 N–H and O–H groups in total. The average molecular weight is 274 g/mol. The normalized spacial score (nSPS) is 26.8. The molecule has 6 nitrogen and oxygen atoms in total. The number of alkyl carbamates (subject to hydrolysis) is 1. The maximum atomic E-state index is 12.0. The molecule has 0 aromatic carbocycles. The first-order valence-electron chi connectivity index (χ1n) is 6.52. The Labute approximate surface area is 115 Å². The third-order valence-corrected chi connectivity index (χ3v) is 3.61. The second kappa shape index (κ2) is 5.64.